The second kappa shape index (κ2) is 9.47. The van der Waals surface area contributed by atoms with Crippen LogP contribution in [0.2, 0.25) is 0 Å². The molecule has 0 saturated carbocycles. The van der Waals surface area contributed by atoms with Gasteiger partial charge in [0, 0.05) is 12.6 Å². The third-order valence-electron chi connectivity index (χ3n) is 4.07. The van der Waals surface area contributed by atoms with Gasteiger partial charge in [0.15, 0.2) is 0 Å². The Hall–Kier alpha value is -1.66. The Labute approximate surface area is 136 Å². The first kappa shape index (κ1) is 17.7. The van der Waals surface area contributed by atoms with Crippen LogP contribution in [0.15, 0.2) is 18.2 Å². The molecule has 1 aromatic carbocycles. The Bertz CT molecular complexity index is 505. The minimum Gasteiger partial charge on any atom is -0.493 e. The Morgan fingerprint density at radius 1 is 1.39 bits per heavy atom. The summed E-state index contributed by atoms with van der Waals surface area (Å²) in [5, 5.41) is 14.4. The van der Waals surface area contributed by atoms with Crippen molar-refractivity contribution in [1.29, 1.82) is 0 Å². The van der Waals surface area contributed by atoms with E-state index in [-0.39, 0.29) is 18.7 Å². The van der Waals surface area contributed by atoms with Gasteiger partial charge in [0.25, 0.3) is 5.91 Å². The van der Waals surface area contributed by atoms with E-state index in [1.54, 1.807) is 6.07 Å². The molecule has 0 radical (unpaired) electrons. The zero-order chi connectivity index (χ0) is 16.5. The molecule has 0 atom stereocenters. The van der Waals surface area contributed by atoms with Gasteiger partial charge in [-0.3, -0.25) is 4.79 Å². The van der Waals surface area contributed by atoms with E-state index in [0.717, 1.165) is 31.8 Å². The maximum absolute atomic E-state index is 13.9. The normalized spacial score (nSPS) is 15.4. The predicted molar refractivity (Wildman–Crippen MR) is 86.1 cm³/mol. The minimum atomic E-state index is -0.615. The summed E-state index contributed by atoms with van der Waals surface area (Å²) in [4.78, 5) is 11.7. The van der Waals surface area contributed by atoms with Crippen molar-refractivity contribution in [1.82, 2.24) is 10.6 Å². The van der Waals surface area contributed by atoms with E-state index >= 15 is 0 Å². The number of rotatable bonds is 8. The lowest BCUT2D eigenvalue weighted by Gasteiger charge is -2.22. The van der Waals surface area contributed by atoms with Crippen LogP contribution >= 0.6 is 0 Å². The van der Waals surface area contributed by atoms with Crippen molar-refractivity contribution < 1.29 is 19.0 Å². The van der Waals surface area contributed by atoms with Gasteiger partial charge in [-0.1, -0.05) is 0 Å². The third kappa shape index (κ3) is 5.80. The first-order chi connectivity index (χ1) is 11.2. The molecule has 1 amide bonds. The average Bonchev–Trinajstić information content (AvgIpc) is 2.57. The van der Waals surface area contributed by atoms with Crippen LogP contribution in [0.25, 0.3) is 0 Å². The molecule has 5 nitrogen and oxygen atoms in total. The summed E-state index contributed by atoms with van der Waals surface area (Å²) < 4.78 is 19.5. The van der Waals surface area contributed by atoms with E-state index in [1.165, 1.54) is 25.0 Å². The standard InChI is InChI=1S/C17H25FN2O3/c18-16-12-14(3-4-15(16)17(22)20-9-10-21)23-11-1-2-13-5-7-19-8-6-13/h3-4,12-13,19,21H,1-2,5-11H2,(H,20,22). The van der Waals surface area contributed by atoms with E-state index < -0.39 is 11.7 Å². The fourth-order valence-corrected chi connectivity index (χ4v) is 2.77. The number of ether oxygens (including phenoxy) is 1. The second-order valence-electron chi connectivity index (χ2n) is 5.81. The van der Waals surface area contributed by atoms with Gasteiger partial charge in [0.1, 0.15) is 11.6 Å². The van der Waals surface area contributed by atoms with Crippen molar-refractivity contribution in [3.05, 3.63) is 29.6 Å². The molecule has 1 fully saturated rings. The molecule has 1 heterocycles. The predicted octanol–water partition coefficient (Wildman–Crippen LogP) is 1.71. The number of piperidine rings is 1. The highest BCUT2D eigenvalue weighted by atomic mass is 19.1. The lowest BCUT2D eigenvalue weighted by Crippen LogP contribution is -2.27. The van der Waals surface area contributed by atoms with Gasteiger partial charge in [-0.25, -0.2) is 4.39 Å². The summed E-state index contributed by atoms with van der Waals surface area (Å²) in [5.74, 6) is 0.0472. The van der Waals surface area contributed by atoms with Crippen LogP contribution in [-0.2, 0) is 0 Å². The average molecular weight is 324 g/mol. The quantitative estimate of drug-likeness (QED) is 0.637. The number of aliphatic hydroxyl groups is 1. The van der Waals surface area contributed by atoms with Crippen LogP contribution in [0.3, 0.4) is 0 Å². The molecule has 1 saturated heterocycles. The summed E-state index contributed by atoms with van der Waals surface area (Å²) in [6.45, 7) is 2.67. The number of carbonyl (C=O) groups is 1. The van der Waals surface area contributed by atoms with Gasteiger partial charge < -0.3 is 20.5 Å². The Morgan fingerprint density at radius 2 is 2.17 bits per heavy atom. The third-order valence-corrected chi connectivity index (χ3v) is 4.07. The molecule has 0 unspecified atom stereocenters. The number of aliphatic hydroxyl groups excluding tert-OH is 1. The topological polar surface area (TPSA) is 70.6 Å². The van der Waals surface area contributed by atoms with Crippen molar-refractivity contribution in [2.24, 2.45) is 5.92 Å². The van der Waals surface area contributed by atoms with Crippen LogP contribution in [0.4, 0.5) is 4.39 Å². The number of amides is 1. The highest BCUT2D eigenvalue weighted by molar-refractivity contribution is 5.94. The van der Waals surface area contributed by atoms with Crippen molar-refractivity contribution in [2.45, 2.75) is 25.7 Å². The van der Waals surface area contributed by atoms with Crippen molar-refractivity contribution >= 4 is 5.91 Å². The van der Waals surface area contributed by atoms with E-state index in [4.69, 9.17) is 9.84 Å². The number of hydrogen-bond donors (Lipinski definition) is 3. The summed E-state index contributed by atoms with van der Waals surface area (Å²) in [6.07, 6.45) is 4.51. The molecule has 0 aromatic heterocycles. The van der Waals surface area contributed by atoms with E-state index in [1.807, 2.05) is 0 Å². The fraction of sp³-hybridized carbons (Fsp3) is 0.588. The Morgan fingerprint density at radius 3 is 2.87 bits per heavy atom. The fourth-order valence-electron chi connectivity index (χ4n) is 2.77. The number of hydrogen-bond acceptors (Lipinski definition) is 4. The number of benzene rings is 1. The first-order valence-corrected chi connectivity index (χ1v) is 8.23. The van der Waals surface area contributed by atoms with Crippen LogP contribution in [0.5, 0.6) is 5.75 Å². The first-order valence-electron chi connectivity index (χ1n) is 8.23. The highest BCUT2D eigenvalue weighted by Crippen LogP contribution is 2.20. The van der Waals surface area contributed by atoms with Gasteiger partial charge in [0.2, 0.25) is 0 Å². The molecule has 23 heavy (non-hydrogen) atoms. The van der Waals surface area contributed by atoms with Crippen LogP contribution in [-0.4, -0.2) is 43.9 Å². The van der Waals surface area contributed by atoms with Gasteiger partial charge >= 0.3 is 0 Å². The van der Waals surface area contributed by atoms with E-state index in [2.05, 4.69) is 10.6 Å². The molecule has 1 aliphatic rings. The maximum Gasteiger partial charge on any atom is 0.254 e. The minimum absolute atomic E-state index is 0.0412. The summed E-state index contributed by atoms with van der Waals surface area (Å²) in [5.41, 5.74) is -0.0412. The van der Waals surface area contributed by atoms with Crippen LogP contribution < -0.4 is 15.4 Å². The van der Waals surface area contributed by atoms with E-state index in [9.17, 15) is 9.18 Å². The molecule has 2 rings (SSSR count). The summed E-state index contributed by atoms with van der Waals surface area (Å²) in [7, 11) is 0. The monoisotopic (exact) mass is 324 g/mol. The molecule has 1 aliphatic heterocycles. The summed E-state index contributed by atoms with van der Waals surface area (Å²) >= 11 is 0. The molecule has 0 spiro atoms. The zero-order valence-corrected chi connectivity index (χ0v) is 13.3. The van der Waals surface area contributed by atoms with Crippen molar-refractivity contribution in [3.63, 3.8) is 0 Å². The molecule has 6 heteroatoms. The van der Waals surface area contributed by atoms with Crippen molar-refractivity contribution in [2.75, 3.05) is 32.8 Å². The number of carbonyl (C=O) groups excluding carboxylic acids is 1. The Kier molecular flexibility index (Phi) is 7.29. The van der Waals surface area contributed by atoms with Gasteiger partial charge in [-0.05, 0) is 56.8 Å². The highest BCUT2D eigenvalue weighted by Gasteiger charge is 2.13. The van der Waals surface area contributed by atoms with Crippen LogP contribution in [0.1, 0.15) is 36.0 Å². The lowest BCUT2D eigenvalue weighted by molar-refractivity contribution is 0.0940. The SMILES string of the molecule is O=C(NCCO)c1ccc(OCCCC2CCNCC2)cc1F. The molecule has 1 aromatic rings. The second-order valence-corrected chi connectivity index (χ2v) is 5.81. The van der Waals surface area contributed by atoms with Gasteiger partial charge in [-0.15, -0.1) is 0 Å². The van der Waals surface area contributed by atoms with Gasteiger partial charge in [0.05, 0.1) is 18.8 Å². The maximum atomic E-state index is 13.9. The van der Waals surface area contributed by atoms with Gasteiger partial charge in [-0.2, -0.15) is 0 Å². The Balaban J connectivity index is 1.75. The molecular weight excluding hydrogens is 299 g/mol. The van der Waals surface area contributed by atoms with E-state index in [0.29, 0.717) is 12.4 Å². The largest absolute Gasteiger partial charge is 0.493 e. The van der Waals surface area contributed by atoms with Crippen LogP contribution in [0, 0.1) is 11.7 Å². The molecule has 128 valence electrons. The zero-order valence-electron chi connectivity index (χ0n) is 13.3. The number of halogens is 1. The smallest absolute Gasteiger partial charge is 0.254 e. The molecule has 3 N–H and O–H groups in total. The number of nitrogens with one attached hydrogen (secondary N) is 2. The molecular formula is C17H25FN2O3. The lowest BCUT2D eigenvalue weighted by atomic mass is 9.93. The molecule has 0 aliphatic carbocycles. The van der Waals surface area contributed by atoms with Crippen molar-refractivity contribution in [3.8, 4) is 5.75 Å². The molecule has 0 bridgehead atoms. The summed E-state index contributed by atoms with van der Waals surface area (Å²) in [6, 6.07) is 4.24.